The summed E-state index contributed by atoms with van der Waals surface area (Å²) in [6, 6.07) is 4.61. The van der Waals surface area contributed by atoms with Gasteiger partial charge in [0.1, 0.15) is 11.2 Å². The van der Waals surface area contributed by atoms with Crippen LogP contribution in [-0.2, 0) is 5.41 Å². The van der Waals surface area contributed by atoms with Gasteiger partial charge in [-0.25, -0.2) is 28.7 Å². The zero-order valence-electron chi connectivity index (χ0n) is 15.7. The first kappa shape index (κ1) is 19.0. The van der Waals surface area contributed by atoms with E-state index < -0.39 is 11.2 Å². The van der Waals surface area contributed by atoms with Gasteiger partial charge in [-0.3, -0.25) is 4.79 Å². The molecule has 3 heterocycles. The van der Waals surface area contributed by atoms with Crippen LogP contribution in [-0.4, -0.2) is 30.6 Å². The summed E-state index contributed by atoms with van der Waals surface area (Å²) in [7, 11) is 0. The summed E-state index contributed by atoms with van der Waals surface area (Å²) in [6.07, 6.45) is 3.34. The zero-order chi connectivity index (χ0) is 19.9. The van der Waals surface area contributed by atoms with Gasteiger partial charge in [-0.1, -0.05) is 11.8 Å². The molecule has 0 fully saturated rings. The maximum absolute atomic E-state index is 14.3. The van der Waals surface area contributed by atoms with E-state index in [0.717, 1.165) is 0 Å². The summed E-state index contributed by atoms with van der Waals surface area (Å²) in [5.74, 6) is -0.249. The van der Waals surface area contributed by atoms with Gasteiger partial charge in [0.15, 0.2) is 16.6 Å². The number of halogens is 1. The van der Waals surface area contributed by atoms with E-state index in [1.54, 1.807) is 18.5 Å². The van der Waals surface area contributed by atoms with Crippen molar-refractivity contribution in [2.24, 2.45) is 0 Å². The number of hydrogen-bond acceptors (Lipinski definition) is 6. The topological polar surface area (TPSA) is 89.4 Å². The van der Waals surface area contributed by atoms with Gasteiger partial charge in [0, 0.05) is 12.2 Å². The highest BCUT2D eigenvalue weighted by molar-refractivity contribution is 7.98. The molecule has 0 saturated carbocycles. The quantitative estimate of drug-likeness (QED) is 0.505. The van der Waals surface area contributed by atoms with Gasteiger partial charge in [-0.15, -0.1) is 0 Å². The average Bonchev–Trinajstić information content (AvgIpc) is 2.94. The summed E-state index contributed by atoms with van der Waals surface area (Å²) < 4.78 is 17.4. The Morgan fingerprint density at radius 2 is 2.00 bits per heavy atom. The molecule has 9 heteroatoms. The van der Waals surface area contributed by atoms with Crippen molar-refractivity contribution >= 4 is 22.8 Å². The van der Waals surface area contributed by atoms with Gasteiger partial charge in [0.05, 0.1) is 17.2 Å². The lowest BCUT2D eigenvalue weighted by Crippen LogP contribution is -2.26. The molecule has 0 spiro atoms. The number of nitriles is 1. The monoisotopic (exact) mass is 386 g/mol. The van der Waals surface area contributed by atoms with Crippen LogP contribution in [0.25, 0.3) is 16.9 Å². The van der Waals surface area contributed by atoms with E-state index in [2.05, 4.69) is 21.0 Å². The molecule has 0 unspecified atom stereocenters. The Hall–Kier alpha value is -2.73. The van der Waals surface area contributed by atoms with Crippen molar-refractivity contribution in [1.82, 2.24) is 24.3 Å². The Bertz CT molecular complexity index is 1130. The molecule has 140 valence electrons. The third kappa shape index (κ3) is 3.10. The van der Waals surface area contributed by atoms with Crippen molar-refractivity contribution in [1.29, 1.82) is 5.26 Å². The van der Waals surface area contributed by atoms with Crippen molar-refractivity contribution in [3.8, 4) is 11.9 Å². The van der Waals surface area contributed by atoms with Crippen LogP contribution in [0.2, 0.25) is 0 Å². The van der Waals surface area contributed by atoms with E-state index in [1.165, 1.54) is 34.8 Å². The van der Waals surface area contributed by atoms with E-state index in [0.29, 0.717) is 22.0 Å². The Morgan fingerprint density at radius 3 is 2.59 bits per heavy atom. The second-order valence-corrected chi connectivity index (χ2v) is 7.66. The first-order valence-corrected chi connectivity index (χ1v) is 9.56. The summed E-state index contributed by atoms with van der Waals surface area (Å²) in [6.45, 7) is 6.92. The van der Waals surface area contributed by atoms with Crippen molar-refractivity contribution in [2.75, 3.05) is 6.26 Å². The van der Waals surface area contributed by atoms with Crippen LogP contribution in [0.3, 0.4) is 0 Å². The van der Waals surface area contributed by atoms with E-state index in [1.807, 2.05) is 20.1 Å². The number of nitrogens with zero attached hydrogens (tertiary/aromatic N) is 6. The maximum atomic E-state index is 14.3. The van der Waals surface area contributed by atoms with Gasteiger partial charge in [0.25, 0.3) is 5.56 Å². The van der Waals surface area contributed by atoms with Crippen LogP contribution in [0.4, 0.5) is 4.39 Å². The Labute approximate surface area is 159 Å². The van der Waals surface area contributed by atoms with Crippen LogP contribution in [0, 0.1) is 17.1 Å². The van der Waals surface area contributed by atoms with Crippen molar-refractivity contribution in [2.45, 2.75) is 44.3 Å². The van der Waals surface area contributed by atoms with E-state index in [9.17, 15) is 14.4 Å². The van der Waals surface area contributed by atoms with Crippen LogP contribution in [0.1, 0.15) is 39.4 Å². The second kappa shape index (κ2) is 6.78. The molecule has 3 rings (SSSR count). The Morgan fingerprint density at radius 1 is 1.30 bits per heavy atom. The third-order valence-electron chi connectivity index (χ3n) is 4.19. The van der Waals surface area contributed by atoms with E-state index >= 15 is 0 Å². The van der Waals surface area contributed by atoms with Gasteiger partial charge in [-0.2, -0.15) is 5.26 Å². The number of hydrogen-bond donors (Lipinski definition) is 0. The highest BCUT2D eigenvalue weighted by Gasteiger charge is 2.28. The van der Waals surface area contributed by atoms with Crippen molar-refractivity contribution in [3.05, 3.63) is 40.2 Å². The molecule has 0 saturated heterocycles. The van der Waals surface area contributed by atoms with Gasteiger partial charge < -0.3 is 0 Å². The minimum absolute atomic E-state index is 0.0197. The summed E-state index contributed by atoms with van der Waals surface area (Å²) >= 11 is 1.35. The van der Waals surface area contributed by atoms with Crippen LogP contribution < -0.4 is 5.56 Å². The molecular weight excluding hydrogens is 367 g/mol. The zero-order valence-corrected chi connectivity index (χ0v) is 16.5. The molecule has 0 aliphatic heterocycles. The minimum atomic E-state index is -1.12. The van der Waals surface area contributed by atoms with Crippen LogP contribution in [0.5, 0.6) is 0 Å². The lowest BCUT2D eigenvalue weighted by atomic mass is 9.90. The number of fused-ring (bicyclic) bond motifs is 1. The molecule has 7 nitrogen and oxygen atoms in total. The number of aromatic nitrogens is 5. The minimum Gasteiger partial charge on any atom is -0.267 e. The van der Waals surface area contributed by atoms with E-state index in [-0.39, 0.29) is 17.3 Å². The molecule has 0 aliphatic rings. The lowest BCUT2D eigenvalue weighted by molar-refractivity contribution is 0.467. The smallest absolute Gasteiger partial charge is 0.267 e. The predicted molar refractivity (Wildman–Crippen MR) is 102 cm³/mol. The average molecular weight is 386 g/mol. The molecule has 0 radical (unpaired) electrons. The molecular formula is C18H19FN6OS. The molecule has 3 aromatic rings. The highest BCUT2D eigenvalue weighted by atomic mass is 32.2. The molecule has 0 bridgehead atoms. The van der Waals surface area contributed by atoms with Gasteiger partial charge in [-0.05, 0) is 46.1 Å². The predicted octanol–water partition coefficient (Wildman–Crippen LogP) is 3.22. The van der Waals surface area contributed by atoms with Crippen molar-refractivity contribution < 1.29 is 4.39 Å². The number of thioether (sulfide) groups is 1. The Kier molecular flexibility index (Phi) is 4.78. The van der Waals surface area contributed by atoms with E-state index in [4.69, 9.17) is 0 Å². The standard InChI is InChI=1S/C18H19FN6OS/c1-10(2)24-16(26)11-8-21-17(27-5)23-15(11)25(24)13-7-6-12(19)14(22-13)18(3,4)9-20/h6-8,10H,1-5H3. The largest absolute Gasteiger partial charge is 0.278 e. The molecule has 0 atom stereocenters. The fourth-order valence-electron chi connectivity index (χ4n) is 2.81. The first-order chi connectivity index (χ1) is 12.7. The number of rotatable bonds is 4. The molecule has 0 aliphatic carbocycles. The summed E-state index contributed by atoms with van der Waals surface area (Å²) in [5, 5.41) is 10.2. The lowest BCUT2D eigenvalue weighted by Gasteiger charge is -2.19. The fourth-order valence-corrected chi connectivity index (χ4v) is 3.15. The summed E-state index contributed by atoms with van der Waals surface area (Å²) in [4.78, 5) is 25.9. The highest BCUT2D eigenvalue weighted by Crippen LogP contribution is 2.26. The van der Waals surface area contributed by atoms with Crippen LogP contribution in [0.15, 0.2) is 28.3 Å². The molecule has 0 N–H and O–H groups in total. The first-order valence-electron chi connectivity index (χ1n) is 8.34. The van der Waals surface area contributed by atoms with Gasteiger partial charge >= 0.3 is 0 Å². The van der Waals surface area contributed by atoms with Gasteiger partial charge in [0.2, 0.25) is 0 Å². The fraction of sp³-hybridized carbons (Fsp3) is 0.389. The normalized spacial score (nSPS) is 11.9. The van der Waals surface area contributed by atoms with Crippen LogP contribution >= 0.6 is 11.8 Å². The molecule has 0 aromatic carbocycles. The molecule has 3 aromatic heterocycles. The second-order valence-electron chi connectivity index (χ2n) is 6.89. The SMILES string of the molecule is CSc1ncc2c(=O)n(C(C)C)n(-c3ccc(F)c(C(C)(C)C#N)n3)c2n1. The molecule has 0 amide bonds. The Balaban J connectivity index is 2.41. The van der Waals surface area contributed by atoms with Crippen molar-refractivity contribution in [3.63, 3.8) is 0 Å². The summed E-state index contributed by atoms with van der Waals surface area (Å²) in [5.41, 5.74) is -0.954. The molecule has 27 heavy (non-hydrogen) atoms. The maximum Gasteiger partial charge on any atom is 0.278 e. The number of pyridine rings is 1. The third-order valence-corrected chi connectivity index (χ3v) is 4.75.